The Kier molecular flexibility index (Phi) is 6.43. The summed E-state index contributed by atoms with van der Waals surface area (Å²) in [7, 11) is 0. The van der Waals surface area contributed by atoms with E-state index in [9.17, 15) is 0 Å². The summed E-state index contributed by atoms with van der Waals surface area (Å²) < 4.78 is 7.31. The molecule has 4 nitrogen and oxygen atoms in total. The van der Waals surface area contributed by atoms with E-state index in [1.165, 1.54) is 5.56 Å². The molecule has 1 aromatic carbocycles. The summed E-state index contributed by atoms with van der Waals surface area (Å²) in [6, 6.07) is 7.75. The van der Waals surface area contributed by atoms with Gasteiger partial charge in [-0.15, -0.1) is 0 Å². The fraction of sp³-hybridized carbons (Fsp3) is 0.471. The molecule has 1 N–H and O–H groups in total. The third kappa shape index (κ3) is 4.32. The first-order chi connectivity index (χ1) is 10.6. The van der Waals surface area contributed by atoms with Gasteiger partial charge < -0.3 is 10.1 Å². The third-order valence-corrected chi connectivity index (χ3v) is 3.91. The number of rotatable bonds is 8. The summed E-state index contributed by atoms with van der Waals surface area (Å²) in [5, 5.41) is 8.85. The number of aromatic nitrogens is 2. The lowest BCUT2D eigenvalue weighted by Crippen LogP contribution is -2.17. The molecule has 0 radical (unpaired) electrons. The fourth-order valence-corrected chi connectivity index (χ4v) is 2.55. The second-order valence-electron chi connectivity index (χ2n) is 5.26. The Morgan fingerprint density at radius 2 is 1.95 bits per heavy atom. The van der Waals surface area contributed by atoms with E-state index in [2.05, 4.69) is 24.3 Å². The number of ether oxygens (including phenoxy) is 1. The summed E-state index contributed by atoms with van der Waals surface area (Å²) >= 11 is 5.95. The monoisotopic (exact) mass is 321 g/mol. The van der Waals surface area contributed by atoms with Crippen LogP contribution in [-0.4, -0.2) is 29.5 Å². The van der Waals surface area contributed by atoms with Gasteiger partial charge in [0.2, 0.25) is 0 Å². The van der Waals surface area contributed by atoms with E-state index in [-0.39, 0.29) is 0 Å². The van der Waals surface area contributed by atoms with Crippen LogP contribution in [0.15, 0.2) is 24.3 Å². The summed E-state index contributed by atoms with van der Waals surface area (Å²) in [5.74, 6) is 0. The van der Waals surface area contributed by atoms with Crippen LogP contribution in [0.2, 0.25) is 5.02 Å². The second-order valence-corrected chi connectivity index (χ2v) is 5.70. The average Bonchev–Trinajstić information content (AvgIpc) is 2.79. The average molecular weight is 322 g/mol. The summed E-state index contributed by atoms with van der Waals surface area (Å²) in [6.45, 7) is 9.55. The van der Waals surface area contributed by atoms with E-state index in [0.717, 1.165) is 54.8 Å². The van der Waals surface area contributed by atoms with Gasteiger partial charge in [-0.25, -0.2) is 4.68 Å². The highest BCUT2D eigenvalue weighted by molar-refractivity contribution is 6.30. The van der Waals surface area contributed by atoms with E-state index in [1.54, 1.807) is 0 Å². The molecule has 0 aliphatic rings. The van der Waals surface area contributed by atoms with E-state index in [1.807, 2.05) is 35.9 Å². The van der Waals surface area contributed by atoms with Gasteiger partial charge in [0.1, 0.15) is 0 Å². The minimum Gasteiger partial charge on any atom is -0.382 e. The van der Waals surface area contributed by atoms with Crippen LogP contribution in [0.5, 0.6) is 0 Å². The zero-order chi connectivity index (χ0) is 15.9. The molecule has 0 amide bonds. The van der Waals surface area contributed by atoms with Crippen molar-refractivity contribution in [1.29, 1.82) is 0 Å². The maximum absolute atomic E-state index is 5.95. The van der Waals surface area contributed by atoms with Crippen molar-refractivity contribution in [2.75, 3.05) is 19.8 Å². The molecular formula is C17H24ClN3O. The Hall–Kier alpha value is -1.36. The van der Waals surface area contributed by atoms with Crippen LogP contribution < -0.4 is 5.32 Å². The number of nitrogens with zero attached hydrogens (tertiary/aromatic N) is 2. The highest BCUT2D eigenvalue weighted by atomic mass is 35.5. The van der Waals surface area contributed by atoms with E-state index in [4.69, 9.17) is 16.3 Å². The van der Waals surface area contributed by atoms with Crippen LogP contribution in [-0.2, 0) is 11.3 Å². The molecule has 5 heteroatoms. The van der Waals surface area contributed by atoms with Crippen LogP contribution in [0, 0.1) is 13.8 Å². The van der Waals surface area contributed by atoms with Gasteiger partial charge >= 0.3 is 0 Å². The summed E-state index contributed by atoms with van der Waals surface area (Å²) in [6.07, 6.45) is 1.03. The molecular weight excluding hydrogens is 298 g/mol. The maximum atomic E-state index is 5.95. The van der Waals surface area contributed by atoms with Crippen molar-refractivity contribution >= 4 is 11.6 Å². The first-order valence-electron chi connectivity index (χ1n) is 7.73. The highest BCUT2D eigenvalue weighted by Crippen LogP contribution is 2.19. The van der Waals surface area contributed by atoms with Gasteiger partial charge in [0.05, 0.1) is 11.4 Å². The molecule has 0 aliphatic heterocycles. The topological polar surface area (TPSA) is 39.1 Å². The molecule has 2 rings (SSSR count). The van der Waals surface area contributed by atoms with Crippen molar-refractivity contribution in [3.05, 3.63) is 46.2 Å². The number of halogens is 1. The summed E-state index contributed by atoms with van der Waals surface area (Å²) in [4.78, 5) is 0. The Bertz CT molecular complexity index is 593. The second kappa shape index (κ2) is 8.32. The molecule has 0 fully saturated rings. The molecule has 0 saturated carbocycles. The zero-order valence-corrected chi connectivity index (χ0v) is 14.3. The largest absolute Gasteiger partial charge is 0.382 e. The maximum Gasteiger partial charge on any atom is 0.0649 e. The van der Waals surface area contributed by atoms with Crippen molar-refractivity contribution in [3.8, 4) is 5.69 Å². The normalized spacial score (nSPS) is 11.1. The van der Waals surface area contributed by atoms with E-state index in [0.29, 0.717) is 0 Å². The van der Waals surface area contributed by atoms with Crippen LogP contribution in [0.1, 0.15) is 30.3 Å². The molecule has 120 valence electrons. The quantitative estimate of drug-likeness (QED) is 0.754. The lowest BCUT2D eigenvalue weighted by atomic mass is 10.2. The smallest absolute Gasteiger partial charge is 0.0649 e. The van der Waals surface area contributed by atoms with E-state index < -0.39 is 0 Å². The first-order valence-corrected chi connectivity index (χ1v) is 8.10. The lowest BCUT2D eigenvalue weighted by molar-refractivity contribution is 0.144. The number of aryl methyl sites for hydroxylation is 1. The molecule has 0 aliphatic carbocycles. The van der Waals surface area contributed by atoms with Crippen molar-refractivity contribution in [2.45, 2.75) is 33.7 Å². The SMILES string of the molecule is CCOCCCNCc1c(C)nn(-c2ccc(Cl)cc2)c1C. The Balaban J connectivity index is 1.99. The van der Waals surface area contributed by atoms with Crippen LogP contribution in [0.25, 0.3) is 5.69 Å². The third-order valence-electron chi connectivity index (χ3n) is 3.66. The molecule has 0 spiro atoms. The number of benzene rings is 1. The molecule has 0 unspecified atom stereocenters. The Morgan fingerprint density at radius 1 is 1.23 bits per heavy atom. The molecule has 0 saturated heterocycles. The summed E-state index contributed by atoms with van der Waals surface area (Å²) in [5.41, 5.74) is 4.51. The van der Waals surface area contributed by atoms with Crippen LogP contribution in [0.4, 0.5) is 0 Å². The standard InChI is InChI=1S/C17H24ClN3O/c1-4-22-11-5-10-19-12-17-13(2)20-21(14(17)3)16-8-6-15(18)7-9-16/h6-9,19H,4-5,10-12H2,1-3H3. The molecule has 0 atom stereocenters. The molecule has 2 aromatic rings. The predicted molar refractivity (Wildman–Crippen MR) is 90.9 cm³/mol. The highest BCUT2D eigenvalue weighted by Gasteiger charge is 2.12. The number of hydrogen-bond donors (Lipinski definition) is 1. The van der Waals surface area contributed by atoms with Gasteiger partial charge in [-0.2, -0.15) is 5.10 Å². The lowest BCUT2D eigenvalue weighted by Gasteiger charge is -2.07. The van der Waals surface area contributed by atoms with Crippen LogP contribution >= 0.6 is 11.6 Å². The number of nitrogens with one attached hydrogen (secondary N) is 1. The van der Waals surface area contributed by atoms with Gasteiger partial charge in [-0.05, 0) is 58.0 Å². The van der Waals surface area contributed by atoms with Gasteiger partial charge in [0.25, 0.3) is 0 Å². The Morgan fingerprint density at radius 3 is 2.64 bits per heavy atom. The van der Waals surface area contributed by atoms with Crippen molar-refractivity contribution in [1.82, 2.24) is 15.1 Å². The molecule has 1 aromatic heterocycles. The van der Waals surface area contributed by atoms with Gasteiger partial charge in [0, 0.05) is 36.0 Å². The minimum absolute atomic E-state index is 0.737. The number of hydrogen-bond acceptors (Lipinski definition) is 3. The van der Waals surface area contributed by atoms with Crippen molar-refractivity contribution in [2.24, 2.45) is 0 Å². The van der Waals surface area contributed by atoms with Gasteiger partial charge in [-0.3, -0.25) is 0 Å². The molecule has 22 heavy (non-hydrogen) atoms. The minimum atomic E-state index is 0.737. The molecule has 0 bridgehead atoms. The fourth-order valence-electron chi connectivity index (χ4n) is 2.42. The molecule has 1 heterocycles. The Labute approximate surface area is 137 Å². The van der Waals surface area contributed by atoms with Crippen molar-refractivity contribution in [3.63, 3.8) is 0 Å². The zero-order valence-electron chi connectivity index (χ0n) is 13.5. The van der Waals surface area contributed by atoms with Crippen LogP contribution in [0.3, 0.4) is 0 Å². The van der Waals surface area contributed by atoms with Gasteiger partial charge in [-0.1, -0.05) is 11.6 Å². The first kappa shape index (κ1) is 17.0. The van der Waals surface area contributed by atoms with E-state index >= 15 is 0 Å². The van der Waals surface area contributed by atoms with Crippen molar-refractivity contribution < 1.29 is 4.74 Å². The predicted octanol–water partition coefficient (Wildman–Crippen LogP) is 3.66. The van der Waals surface area contributed by atoms with Gasteiger partial charge in [0.15, 0.2) is 0 Å².